The van der Waals surface area contributed by atoms with Crippen molar-refractivity contribution in [1.82, 2.24) is 14.8 Å². The quantitative estimate of drug-likeness (QED) is 0.0824. The summed E-state index contributed by atoms with van der Waals surface area (Å²) < 4.78 is 17.7. The average molecular weight is 767 g/mol. The van der Waals surface area contributed by atoms with E-state index in [-0.39, 0.29) is 24.1 Å². The maximum atomic E-state index is 13.1. The molecule has 8 nitrogen and oxygen atoms in total. The van der Waals surface area contributed by atoms with E-state index in [4.69, 9.17) is 25.8 Å². The molecule has 1 saturated heterocycles. The molecule has 0 atom stereocenters. The van der Waals surface area contributed by atoms with Gasteiger partial charge in [-0.25, -0.2) is 4.98 Å². The molecule has 0 saturated carbocycles. The highest BCUT2D eigenvalue weighted by Crippen LogP contribution is 2.34. The van der Waals surface area contributed by atoms with Gasteiger partial charge >= 0.3 is 0 Å². The highest BCUT2D eigenvalue weighted by atomic mass is 35.5. The van der Waals surface area contributed by atoms with Crippen molar-refractivity contribution in [1.29, 1.82) is 0 Å². The highest BCUT2D eigenvalue weighted by Gasteiger charge is 2.20. The molecule has 4 aromatic carbocycles. The second-order valence-corrected chi connectivity index (χ2v) is 13.7. The highest BCUT2D eigenvalue weighted by molar-refractivity contribution is 6.32. The van der Waals surface area contributed by atoms with E-state index < -0.39 is 0 Å². The Labute approximate surface area is 328 Å². The molecule has 1 amide bonds. The van der Waals surface area contributed by atoms with Gasteiger partial charge in [0.1, 0.15) is 18.1 Å². The summed E-state index contributed by atoms with van der Waals surface area (Å²) in [5.74, 6) is 2.36. The Morgan fingerprint density at radius 1 is 0.796 bits per heavy atom. The molecule has 1 fully saturated rings. The molecule has 0 spiro atoms. The van der Waals surface area contributed by atoms with Crippen molar-refractivity contribution < 1.29 is 23.8 Å². The zero-order valence-electron chi connectivity index (χ0n) is 30.8. The number of pyridine rings is 1. The number of ether oxygens (including phenoxy) is 3. The van der Waals surface area contributed by atoms with E-state index in [9.17, 15) is 9.59 Å². The topological polar surface area (TPSA) is 81.2 Å². The van der Waals surface area contributed by atoms with Gasteiger partial charge in [-0.15, -0.1) is 12.4 Å². The first-order valence-electron chi connectivity index (χ1n) is 17.8. The van der Waals surface area contributed by atoms with Crippen molar-refractivity contribution in [3.8, 4) is 23.1 Å². The minimum Gasteiger partial charge on any atom is -0.493 e. The molecular formula is C44H45Cl2N3O5. The summed E-state index contributed by atoms with van der Waals surface area (Å²) in [6, 6.07) is 31.4. The number of Topliss-reactive ketones (excluding diaryl/α,β-unsaturated/α-hetero) is 1. The molecule has 1 aliphatic heterocycles. The summed E-state index contributed by atoms with van der Waals surface area (Å²) in [5.41, 5.74) is 7.07. The summed E-state index contributed by atoms with van der Waals surface area (Å²) in [5, 5.41) is 0.436. The van der Waals surface area contributed by atoms with Gasteiger partial charge in [-0.3, -0.25) is 14.5 Å². The molecule has 280 valence electrons. The van der Waals surface area contributed by atoms with E-state index >= 15 is 0 Å². The van der Waals surface area contributed by atoms with E-state index in [1.54, 1.807) is 49.5 Å². The first-order chi connectivity index (χ1) is 25.7. The van der Waals surface area contributed by atoms with E-state index in [1.165, 1.54) is 16.7 Å². The molecule has 5 aromatic rings. The Hall–Kier alpha value is -5.15. The summed E-state index contributed by atoms with van der Waals surface area (Å²) in [6.07, 6.45) is 5.84. The maximum absolute atomic E-state index is 13.1. The van der Waals surface area contributed by atoms with Crippen LogP contribution < -0.4 is 14.2 Å². The normalized spacial score (nSPS) is 13.0. The number of halogens is 2. The number of hydrogen-bond acceptors (Lipinski definition) is 7. The number of hydrogen-bond donors (Lipinski definition) is 0. The Morgan fingerprint density at radius 3 is 2.11 bits per heavy atom. The minimum absolute atomic E-state index is 0. The zero-order valence-corrected chi connectivity index (χ0v) is 32.4. The molecule has 10 heteroatoms. The Bertz CT molecular complexity index is 2000. The fourth-order valence-electron chi connectivity index (χ4n) is 5.99. The largest absolute Gasteiger partial charge is 0.493 e. The van der Waals surface area contributed by atoms with Crippen molar-refractivity contribution in [2.45, 2.75) is 40.3 Å². The third-order valence-electron chi connectivity index (χ3n) is 9.15. The van der Waals surface area contributed by atoms with Gasteiger partial charge < -0.3 is 19.1 Å². The third-order valence-corrected chi connectivity index (χ3v) is 9.43. The Morgan fingerprint density at radius 2 is 1.46 bits per heavy atom. The monoisotopic (exact) mass is 765 g/mol. The van der Waals surface area contributed by atoms with Crippen LogP contribution in [0.15, 0.2) is 109 Å². The lowest BCUT2D eigenvalue weighted by molar-refractivity contribution is -0.127. The molecule has 0 aliphatic carbocycles. The molecule has 1 aliphatic rings. The van der Waals surface area contributed by atoms with Gasteiger partial charge in [0.05, 0.1) is 17.8 Å². The predicted octanol–water partition coefficient (Wildman–Crippen LogP) is 9.33. The predicted molar refractivity (Wildman–Crippen MR) is 216 cm³/mol. The molecule has 0 radical (unpaired) electrons. The number of piperazine rings is 1. The molecule has 0 bridgehead atoms. The zero-order chi connectivity index (χ0) is 37.2. The van der Waals surface area contributed by atoms with Crippen LogP contribution in [0.3, 0.4) is 0 Å². The van der Waals surface area contributed by atoms with Crippen molar-refractivity contribution in [3.63, 3.8) is 0 Å². The number of benzene rings is 4. The molecular weight excluding hydrogens is 721 g/mol. The lowest BCUT2D eigenvalue weighted by atomic mass is 10.1. The molecule has 0 unspecified atom stereocenters. The third kappa shape index (κ3) is 11.4. The van der Waals surface area contributed by atoms with Gasteiger partial charge in [-0.1, -0.05) is 65.7 Å². The van der Waals surface area contributed by atoms with Crippen molar-refractivity contribution >= 4 is 41.8 Å². The van der Waals surface area contributed by atoms with Crippen LogP contribution in [0.4, 0.5) is 0 Å². The van der Waals surface area contributed by atoms with Gasteiger partial charge in [-0.2, -0.15) is 0 Å². The standard InChI is InChI=1S/C44H44ClN3O5.ClH/c1-31-4-6-36(7-5-31)30-52-40-17-18-42(46-28-40)53-44-32(2)26-37(27-41(44)45)12-19-43(50)48-23-21-47(22-24-48)29-35-10-8-34(9-11-35)20-25-51-39-15-13-38(14-16-39)33(3)49;/h4-19,26-28H,20-25,29-30H2,1-3H3;1H. The van der Waals surface area contributed by atoms with Crippen LogP contribution in [0.5, 0.6) is 23.1 Å². The summed E-state index contributed by atoms with van der Waals surface area (Å²) in [6.45, 7) is 10.3. The number of carbonyl (C=O) groups is 2. The second-order valence-electron chi connectivity index (χ2n) is 13.3. The Balaban J connectivity index is 0.00000561. The lowest BCUT2D eigenvalue weighted by Crippen LogP contribution is -2.47. The minimum atomic E-state index is -0.0194. The van der Waals surface area contributed by atoms with Gasteiger partial charge in [0, 0.05) is 56.9 Å². The summed E-state index contributed by atoms with van der Waals surface area (Å²) >= 11 is 6.63. The van der Waals surface area contributed by atoms with Gasteiger partial charge in [-0.05, 0) is 97.1 Å². The summed E-state index contributed by atoms with van der Waals surface area (Å²) in [7, 11) is 0. The van der Waals surface area contributed by atoms with Crippen LogP contribution in [0.2, 0.25) is 5.02 Å². The summed E-state index contributed by atoms with van der Waals surface area (Å²) in [4.78, 5) is 33.2. The fraction of sp³-hybridized carbons (Fsp3) is 0.250. The molecule has 2 heterocycles. The van der Waals surface area contributed by atoms with Crippen molar-refractivity contribution in [2.24, 2.45) is 0 Å². The maximum Gasteiger partial charge on any atom is 0.246 e. The van der Waals surface area contributed by atoms with Crippen LogP contribution in [0.25, 0.3) is 6.08 Å². The lowest BCUT2D eigenvalue weighted by Gasteiger charge is -2.34. The first kappa shape index (κ1) is 40.0. The number of carbonyl (C=O) groups excluding carboxylic acids is 2. The van der Waals surface area contributed by atoms with Gasteiger partial charge in [0.15, 0.2) is 11.5 Å². The van der Waals surface area contributed by atoms with Crippen LogP contribution in [-0.4, -0.2) is 59.3 Å². The van der Waals surface area contributed by atoms with Gasteiger partial charge in [0.25, 0.3) is 0 Å². The first-order valence-corrected chi connectivity index (χ1v) is 18.2. The number of ketones is 1. The molecule has 54 heavy (non-hydrogen) atoms. The molecule has 0 N–H and O–H groups in total. The fourth-order valence-corrected chi connectivity index (χ4v) is 6.31. The smallest absolute Gasteiger partial charge is 0.246 e. The second kappa shape index (κ2) is 19.3. The van der Waals surface area contributed by atoms with E-state index in [1.807, 2.05) is 48.2 Å². The average Bonchev–Trinajstić information content (AvgIpc) is 3.17. The number of nitrogens with zero attached hydrogens (tertiary/aromatic N) is 3. The van der Waals surface area contributed by atoms with Crippen LogP contribution >= 0.6 is 24.0 Å². The number of rotatable bonds is 14. The van der Waals surface area contributed by atoms with E-state index in [0.717, 1.165) is 48.5 Å². The van der Waals surface area contributed by atoms with E-state index in [2.05, 4.69) is 53.2 Å². The van der Waals surface area contributed by atoms with Gasteiger partial charge in [0.2, 0.25) is 11.8 Å². The van der Waals surface area contributed by atoms with E-state index in [0.29, 0.717) is 54.3 Å². The molecule has 1 aromatic heterocycles. The molecule has 6 rings (SSSR count). The van der Waals surface area contributed by atoms with Crippen LogP contribution in [-0.2, 0) is 24.4 Å². The Kier molecular flexibility index (Phi) is 14.3. The van der Waals surface area contributed by atoms with Crippen LogP contribution in [0, 0.1) is 13.8 Å². The van der Waals surface area contributed by atoms with Crippen molar-refractivity contribution in [3.05, 3.63) is 153 Å². The van der Waals surface area contributed by atoms with Crippen LogP contribution in [0.1, 0.15) is 50.7 Å². The number of aryl methyl sites for hydroxylation is 2. The number of aromatic nitrogens is 1. The number of amides is 1. The van der Waals surface area contributed by atoms with Crippen molar-refractivity contribution in [2.75, 3.05) is 32.8 Å². The SMILES string of the molecule is CC(=O)c1ccc(OCCc2ccc(CN3CCN(C(=O)C=Cc4cc(C)c(Oc5ccc(OCc6ccc(C)cc6)cn5)c(Cl)c4)CC3)cc2)cc1.Cl.